The monoisotopic (exact) mass is 460 g/mol. The summed E-state index contributed by atoms with van der Waals surface area (Å²) in [6, 6.07) is 12.3. The van der Waals surface area contributed by atoms with E-state index in [2.05, 4.69) is 10.6 Å². The highest BCUT2D eigenvalue weighted by atomic mass is 35.5. The average Bonchev–Trinajstić information content (AvgIpc) is 3.13. The van der Waals surface area contributed by atoms with Gasteiger partial charge < -0.3 is 24.8 Å². The molecule has 2 amide bonds. The molecule has 0 spiro atoms. The van der Waals surface area contributed by atoms with Crippen LogP contribution in [0, 0.1) is 0 Å². The smallest absolute Gasteiger partial charge is 0.325 e. The molecule has 0 saturated carbocycles. The van der Waals surface area contributed by atoms with Crippen molar-refractivity contribution in [3.05, 3.63) is 52.4 Å². The van der Waals surface area contributed by atoms with Crippen molar-refractivity contribution in [3.63, 3.8) is 0 Å². The Hall–Kier alpha value is -3.30. The summed E-state index contributed by atoms with van der Waals surface area (Å²) in [5.74, 6) is -0.621. The van der Waals surface area contributed by atoms with Gasteiger partial charge in [0.05, 0.1) is 5.02 Å². The quantitative estimate of drug-likeness (QED) is 0.547. The zero-order valence-corrected chi connectivity index (χ0v) is 17.7. The average molecular weight is 461 g/mol. The van der Waals surface area contributed by atoms with E-state index >= 15 is 0 Å². The Morgan fingerprint density at radius 1 is 1.06 bits per heavy atom. The molecule has 0 unspecified atom stereocenters. The molecule has 10 heteroatoms. The Morgan fingerprint density at radius 3 is 2.65 bits per heavy atom. The fourth-order valence-electron chi connectivity index (χ4n) is 2.91. The summed E-state index contributed by atoms with van der Waals surface area (Å²) in [6.07, 6.45) is 0. The molecule has 2 aromatic carbocycles. The van der Waals surface area contributed by atoms with Crippen molar-refractivity contribution in [3.8, 4) is 11.5 Å². The van der Waals surface area contributed by atoms with E-state index in [1.165, 1.54) is 11.3 Å². The van der Waals surface area contributed by atoms with Gasteiger partial charge >= 0.3 is 5.97 Å². The molecule has 0 radical (unpaired) electrons. The molecule has 2 N–H and O–H groups in total. The minimum atomic E-state index is -0.747. The van der Waals surface area contributed by atoms with Crippen LogP contribution in [0.25, 0.3) is 10.1 Å². The Morgan fingerprint density at radius 2 is 1.84 bits per heavy atom. The lowest BCUT2D eigenvalue weighted by Gasteiger charge is -2.19. The van der Waals surface area contributed by atoms with Crippen molar-refractivity contribution >= 4 is 56.5 Å². The number of hydrogen-bond donors (Lipinski definition) is 2. The molecule has 4 rings (SSSR count). The van der Waals surface area contributed by atoms with E-state index < -0.39 is 24.4 Å². The number of hydrogen-bond acceptors (Lipinski definition) is 7. The van der Waals surface area contributed by atoms with Gasteiger partial charge in [0.1, 0.15) is 24.6 Å². The molecule has 3 aromatic rings. The SMILES string of the molecule is O=C(COC(=O)CNC(=O)c1sc2ccccc2c1Cl)Nc1ccc2c(c1)OCCO2. The molecule has 0 fully saturated rings. The van der Waals surface area contributed by atoms with Crippen molar-refractivity contribution in [2.24, 2.45) is 0 Å². The van der Waals surface area contributed by atoms with Gasteiger partial charge in [-0.2, -0.15) is 0 Å². The molecule has 0 aliphatic carbocycles. The fourth-order valence-corrected chi connectivity index (χ4v) is 4.34. The van der Waals surface area contributed by atoms with Gasteiger partial charge in [-0.05, 0) is 18.2 Å². The molecule has 160 valence electrons. The molecule has 31 heavy (non-hydrogen) atoms. The van der Waals surface area contributed by atoms with Crippen LogP contribution in [0.4, 0.5) is 5.69 Å². The van der Waals surface area contributed by atoms with Gasteiger partial charge in [-0.25, -0.2) is 0 Å². The minimum Gasteiger partial charge on any atom is -0.486 e. The molecular weight excluding hydrogens is 444 g/mol. The third kappa shape index (κ3) is 4.89. The summed E-state index contributed by atoms with van der Waals surface area (Å²) >= 11 is 7.49. The van der Waals surface area contributed by atoms with Gasteiger partial charge in [0, 0.05) is 21.8 Å². The van der Waals surface area contributed by atoms with E-state index in [1.807, 2.05) is 24.3 Å². The summed E-state index contributed by atoms with van der Waals surface area (Å²) in [5.41, 5.74) is 0.484. The van der Waals surface area contributed by atoms with Crippen LogP contribution in [-0.2, 0) is 14.3 Å². The number of benzene rings is 2. The molecule has 8 nitrogen and oxygen atoms in total. The summed E-state index contributed by atoms with van der Waals surface area (Å²) in [7, 11) is 0. The van der Waals surface area contributed by atoms with Crippen LogP contribution >= 0.6 is 22.9 Å². The third-order valence-corrected chi connectivity index (χ3v) is 6.00. The second-order valence-electron chi connectivity index (χ2n) is 6.49. The predicted octanol–water partition coefficient (Wildman–Crippen LogP) is 3.24. The number of fused-ring (bicyclic) bond motifs is 2. The molecule has 0 bridgehead atoms. The van der Waals surface area contributed by atoms with Crippen LogP contribution in [0.3, 0.4) is 0 Å². The number of esters is 1. The summed E-state index contributed by atoms with van der Waals surface area (Å²) < 4.78 is 16.7. The first kappa shape index (κ1) is 21.0. The number of amides is 2. The maximum atomic E-state index is 12.3. The van der Waals surface area contributed by atoms with Crippen LogP contribution in [-0.4, -0.2) is 44.1 Å². The molecule has 1 aliphatic heterocycles. The predicted molar refractivity (Wildman–Crippen MR) is 116 cm³/mol. The highest BCUT2D eigenvalue weighted by molar-refractivity contribution is 7.21. The van der Waals surface area contributed by atoms with E-state index in [9.17, 15) is 14.4 Å². The van der Waals surface area contributed by atoms with Gasteiger partial charge in [0.15, 0.2) is 18.1 Å². The standard InChI is InChI=1S/C21H17ClN2O6S/c22-19-13-3-1-2-4-16(13)31-20(19)21(27)23-10-18(26)30-11-17(25)24-12-5-6-14-15(9-12)29-8-7-28-14/h1-6,9H,7-8,10-11H2,(H,23,27)(H,24,25). The molecule has 1 aromatic heterocycles. The van der Waals surface area contributed by atoms with E-state index in [0.717, 1.165) is 10.1 Å². The largest absolute Gasteiger partial charge is 0.486 e. The lowest BCUT2D eigenvalue weighted by Crippen LogP contribution is -2.32. The topological polar surface area (TPSA) is 103 Å². The Bertz CT molecular complexity index is 1160. The minimum absolute atomic E-state index is 0.312. The maximum absolute atomic E-state index is 12.3. The zero-order chi connectivity index (χ0) is 21.8. The van der Waals surface area contributed by atoms with Gasteiger partial charge in [-0.15, -0.1) is 11.3 Å². The van der Waals surface area contributed by atoms with Crippen molar-refractivity contribution in [1.82, 2.24) is 5.32 Å². The van der Waals surface area contributed by atoms with Gasteiger partial charge in [0.2, 0.25) is 0 Å². The van der Waals surface area contributed by atoms with Gasteiger partial charge in [0.25, 0.3) is 11.8 Å². The summed E-state index contributed by atoms with van der Waals surface area (Å²) in [5, 5.41) is 6.18. The normalized spacial score (nSPS) is 12.3. The van der Waals surface area contributed by atoms with Crippen molar-refractivity contribution in [2.45, 2.75) is 0 Å². The van der Waals surface area contributed by atoms with Crippen LogP contribution in [0.1, 0.15) is 9.67 Å². The molecule has 2 heterocycles. The number of carbonyl (C=O) groups is 3. The Kier molecular flexibility index (Phi) is 6.24. The molecule has 0 saturated heterocycles. The number of rotatable bonds is 6. The lowest BCUT2D eigenvalue weighted by atomic mass is 10.2. The summed E-state index contributed by atoms with van der Waals surface area (Å²) in [6.45, 7) is 0.0221. The van der Waals surface area contributed by atoms with Crippen LogP contribution in [0.2, 0.25) is 5.02 Å². The highest BCUT2D eigenvalue weighted by Gasteiger charge is 2.18. The number of ether oxygens (including phenoxy) is 3. The number of thiophene rings is 1. The third-order valence-electron chi connectivity index (χ3n) is 4.32. The van der Waals surface area contributed by atoms with Crippen LogP contribution < -0.4 is 20.1 Å². The summed E-state index contributed by atoms with van der Waals surface area (Å²) in [4.78, 5) is 36.6. The van der Waals surface area contributed by atoms with Crippen LogP contribution in [0.15, 0.2) is 42.5 Å². The van der Waals surface area contributed by atoms with E-state index in [1.54, 1.807) is 18.2 Å². The highest BCUT2D eigenvalue weighted by Crippen LogP contribution is 2.35. The number of nitrogens with one attached hydrogen (secondary N) is 2. The maximum Gasteiger partial charge on any atom is 0.325 e. The van der Waals surface area contributed by atoms with Gasteiger partial charge in [-0.3, -0.25) is 14.4 Å². The molecule has 1 aliphatic rings. The zero-order valence-electron chi connectivity index (χ0n) is 16.1. The van der Waals surface area contributed by atoms with E-state index in [0.29, 0.717) is 40.3 Å². The second-order valence-corrected chi connectivity index (χ2v) is 7.92. The first-order valence-corrected chi connectivity index (χ1v) is 10.5. The molecular formula is C21H17ClN2O6S. The first-order valence-electron chi connectivity index (χ1n) is 9.31. The fraction of sp³-hybridized carbons (Fsp3) is 0.190. The van der Waals surface area contributed by atoms with E-state index in [-0.39, 0.29) is 6.54 Å². The van der Waals surface area contributed by atoms with Gasteiger partial charge in [-0.1, -0.05) is 29.8 Å². The number of anilines is 1. The Balaban J connectivity index is 1.24. The first-order chi connectivity index (χ1) is 15.0. The second kappa shape index (κ2) is 9.23. The van der Waals surface area contributed by atoms with Crippen LogP contribution in [0.5, 0.6) is 11.5 Å². The number of carbonyl (C=O) groups excluding carboxylic acids is 3. The van der Waals surface area contributed by atoms with Crippen molar-refractivity contribution in [2.75, 3.05) is 31.7 Å². The Labute approximate surface area is 186 Å². The van der Waals surface area contributed by atoms with Crippen molar-refractivity contribution < 1.29 is 28.6 Å². The van der Waals surface area contributed by atoms with E-state index in [4.69, 9.17) is 25.8 Å². The molecule has 0 atom stereocenters. The van der Waals surface area contributed by atoms with Crippen molar-refractivity contribution in [1.29, 1.82) is 0 Å². The lowest BCUT2D eigenvalue weighted by molar-refractivity contribution is -0.146. The number of halogens is 1.